The van der Waals surface area contributed by atoms with Crippen molar-refractivity contribution in [1.82, 2.24) is 10.2 Å². The van der Waals surface area contributed by atoms with Crippen LogP contribution < -0.4 is 5.32 Å². The van der Waals surface area contributed by atoms with Crippen molar-refractivity contribution < 1.29 is 5.11 Å². The molecule has 0 radical (unpaired) electrons. The highest BCUT2D eigenvalue weighted by Crippen LogP contribution is 2.41. The Morgan fingerprint density at radius 1 is 1.30 bits per heavy atom. The van der Waals surface area contributed by atoms with Crippen molar-refractivity contribution in [3.63, 3.8) is 0 Å². The highest BCUT2D eigenvalue weighted by molar-refractivity contribution is 4.97. The molecule has 4 atom stereocenters. The molecule has 3 heteroatoms. The zero-order chi connectivity index (χ0) is 14.8. The molecule has 2 fully saturated rings. The summed E-state index contributed by atoms with van der Waals surface area (Å²) in [4.78, 5) is 2.50. The second kappa shape index (κ2) is 6.76. The average molecular weight is 282 g/mol. The summed E-state index contributed by atoms with van der Waals surface area (Å²) in [5.74, 6) is 1.22. The fraction of sp³-hybridized carbons (Fsp3) is 1.00. The second-order valence-electron chi connectivity index (χ2n) is 7.81. The number of nitrogens with zero attached hydrogens (tertiary/aromatic N) is 1. The third-order valence-corrected chi connectivity index (χ3v) is 5.58. The molecule has 1 heterocycles. The van der Waals surface area contributed by atoms with Gasteiger partial charge in [-0.3, -0.25) is 0 Å². The molecule has 1 saturated carbocycles. The van der Waals surface area contributed by atoms with Crippen LogP contribution in [0.4, 0.5) is 0 Å². The first-order valence-electron chi connectivity index (χ1n) is 8.58. The minimum Gasteiger partial charge on any atom is -0.392 e. The summed E-state index contributed by atoms with van der Waals surface area (Å²) in [6.07, 6.45) is 4.88. The lowest BCUT2D eigenvalue weighted by Crippen LogP contribution is -2.49. The number of aliphatic hydroxyl groups excluding tert-OH is 1. The van der Waals surface area contributed by atoms with Crippen LogP contribution in [0, 0.1) is 17.3 Å². The van der Waals surface area contributed by atoms with Crippen molar-refractivity contribution in [1.29, 1.82) is 0 Å². The van der Waals surface area contributed by atoms with Crippen LogP contribution in [0.3, 0.4) is 0 Å². The van der Waals surface area contributed by atoms with Crippen molar-refractivity contribution in [3.8, 4) is 0 Å². The fourth-order valence-corrected chi connectivity index (χ4v) is 4.07. The normalized spacial score (nSPS) is 38.2. The van der Waals surface area contributed by atoms with E-state index in [1.54, 1.807) is 0 Å². The molecule has 118 valence electrons. The Labute approximate surface area is 125 Å². The van der Waals surface area contributed by atoms with Crippen molar-refractivity contribution in [2.45, 2.75) is 65.5 Å². The highest BCUT2D eigenvalue weighted by Gasteiger charge is 2.42. The van der Waals surface area contributed by atoms with E-state index >= 15 is 0 Å². The fourth-order valence-electron chi connectivity index (χ4n) is 4.07. The number of β-amino-alcohol motifs (C(OH)–C–C–N with tert-alkyl or cyclic N) is 1. The topological polar surface area (TPSA) is 35.5 Å². The van der Waals surface area contributed by atoms with E-state index in [4.69, 9.17) is 0 Å². The van der Waals surface area contributed by atoms with Gasteiger partial charge in [-0.15, -0.1) is 0 Å². The van der Waals surface area contributed by atoms with Crippen molar-refractivity contribution >= 4 is 0 Å². The number of rotatable bonds is 5. The Morgan fingerprint density at radius 2 is 2.05 bits per heavy atom. The molecule has 1 saturated heterocycles. The first-order valence-corrected chi connectivity index (χ1v) is 8.58. The summed E-state index contributed by atoms with van der Waals surface area (Å²) in [6, 6.07) is 0.638. The molecular weight excluding hydrogens is 248 g/mol. The van der Waals surface area contributed by atoms with E-state index in [-0.39, 0.29) is 6.10 Å². The minimum absolute atomic E-state index is 0.125. The van der Waals surface area contributed by atoms with Crippen LogP contribution in [-0.4, -0.2) is 48.3 Å². The van der Waals surface area contributed by atoms with Gasteiger partial charge in [0.15, 0.2) is 0 Å². The molecule has 0 amide bonds. The molecule has 0 aromatic rings. The van der Waals surface area contributed by atoms with Crippen molar-refractivity contribution in [2.75, 3.05) is 26.2 Å². The lowest BCUT2D eigenvalue weighted by Gasteiger charge is -2.38. The molecule has 20 heavy (non-hydrogen) atoms. The lowest BCUT2D eigenvalue weighted by molar-refractivity contribution is 0.0203. The van der Waals surface area contributed by atoms with Gasteiger partial charge in [-0.1, -0.05) is 27.7 Å². The molecule has 0 aromatic heterocycles. The summed E-state index contributed by atoms with van der Waals surface area (Å²) >= 11 is 0. The van der Waals surface area contributed by atoms with Gasteiger partial charge in [0, 0.05) is 19.1 Å². The van der Waals surface area contributed by atoms with Crippen LogP contribution in [0.5, 0.6) is 0 Å². The van der Waals surface area contributed by atoms with E-state index < -0.39 is 0 Å². The average Bonchev–Trinajstić information content (AvgIpc) is 2.67. The quantitative estimate of drug-likeness (QED) is 0.813. The van der Waals surface area contributed by atoms with Gasteiger partial charge < -0.3 is 15.3 Å². The number of likely N-dealkylation sites (tertiary alicyclic amines) is 1. The van der Waals surface area contributed by atoms with Gasteiger partial charge in [0.25, 0.3) is 0 Å². The number of hydrogen-bond donors (Lipinski definition) is 2. The molecule has 1 aliphatic heterocycles. The largest absolute Gasteiger partial charge is 0.392 e. The first-order chi connectivity index (χ1) is 9.44. The zero-order valence-corrected chi connectivity index (χ0v) is 13.9. The predicted octanol–water partition coefficient (Wildman–Crippen LogP) is 2.49. The maximum absolute atomic E-state index is 10.1. The summed E-state index contributed by atoms with van der Waals surface area (Å²) in [5.41, 5.74) is 0.418. The summed E-state index contributed by atoms with van der Waals surface area (Å²) < 4.78 is 0. The molecular formula is C17H34N2O. The second-order valence-corrected chi connectivity index (χ2v) is 7.81. The smallest absolute Gasteiger partial charge is 0.0693 e. The monoisotopic (exact) mass is 282 g/mol. The van der Waals surface area contributed by atoms with Gasteiger partial charge in [-0.2, -0.15) is 0 Å². The van der Waals surface area contributed by atoms with Gasteiger partial charge in [0.05, 0.1) is 6.10 Å². The van der Waals surface area contributed by atoms with Gasteiger partial charge in [-0.05, 0) is 56.0 Å². The summed E-state index contributed by atoms with van der Waals surface area (Å²) in [7, 11) is 0. The van der Waals surface area contributed by atoms with Crippen LogP contribution in [0.25, 0.3) is 0 Å². The maximum atomic E-state index is 10.1. The van der Waals surface area contributed by atoms with Gasteiger partial charge in [0.1, 0.15) is 0 Å². The van der Waals surface area contributed by atoms with E-state index in [9.17, 15) is 5.11 Å². The molecule has 3 nitrogen and oxygen atoms in total. The SMILES string of the molecule is CCCNC1C(CN2CCC(C)C(O)C2)CCC1(C)C. The Bertz CT molecular complexity index is 305. The molecule has 2 N–H and O–H groups in total. The molecule has 4 unspecified atom stereocenters. The number of aliphatic hydroxyl groups is 1. The van der Waals surface area contributed by atoms with Gasteiger partial charge in [-0.25, -0.2) is 0 Å². The number of hydrogen-bond acceptors (Lipinski definition) is 3. The highest BCUT2D eigenvalue weighted by atomic mass is 16.3. The lowest BCUT2D eigenvalue weighted by atomic mass is 9.84. The number of nitrogens with one attached hydrogen (secondary N) is 1. The molecule has 2 aliphatic rings. The van der Waals surface area contributed by atoms with Crippen LogP contribution in [0.15, 0.2) is 0 Å². The maximum Gasteiger partial charge on any atom is 0.0693 e. The van der Waals surface area contributed by atoms with E-state index in [1.807, 2.05) is 0 Å². The van der Waals surface area contributed by atoms with E-state index in [1.165, 1.54) is 19.3 Å². The van der Waals surface area contributed by atoms with Crippen LogP contribution in [0.2, 0.25) is 0 Å². The molecule has 0 bridgehead atoms. The minimum atomic E-state index is -0.125. The third kappa shape index (κ3) is 3.75. The van der Waals surface area contributed by atoms with Crippen LogP contribution >= 0.6 is 0 Å². The van der Waals surface area contributed by atoms with E-state index in [0.717, 1.165) is 38.5 Å². The van der Waals surface area contributed by atoms with Crippen molar-refractivity contribution in [3.05, 3.63) is 0 Å². The van der Waals surface area contributed by atoms with E-state index in [0.29, 0.717) is 17.4 Å². The molecule has 2 rings (SSSR count). The molecule has 1 aliphatic carbocycles. The Kier molecular flexibility index (Phi) is 5.49. The van der Waals surface area contributed by atoms with Crippen LogP contribution in [0.1, 0.15) is 53.4 Å². The van der Waals surface area contributed by atoms with Gasteiger partial charge >= 0.3 is 0 Å². The third-order valence-electron chi connectivity index (χ3n) is 5.58. The Morgan fingerprint density at radius 3 is 2.70 bits per heavy atom. The Balaban J connectivity index is 1.90. The first kappa shape index (κ1) is 16.3. The van der Waals surface area contributed by atoms with E-state index in [2.05, 4.69) is 37.9 Å². The zero-order valence-electron chi connectivity index (χ0n) is 13.9. The Hall–Kier alpha value is -0.120. The van der Waals surface area contributed by atoms with Crippen LogP contribution in [-0.2, 0) is 0 Å². The number of piperidine rings is 1. The standard InChI is InChI=1S/C17H34N2O/c1-5-9-18-16-14(6-8-17(16,3)4)11-19-10-7-13(2)15(20)12-19/h13-16,18,20H,5-12H2,1-4H3. The molecule has 0 spiro atoms. The summed E-state index contributed by atoms with van der Waals surface area (Å²) in [6.45, 7) is 13.6. The van der Waals surface area contributed by atoms with Crippen molar-refractivity contribution in [2.24, 2.45) is 17.3 Å². The molecule has 0 aromatic carbocycles. The van der Waals surface area contributed by atoms with Gasteiger partial charge in [0.2, 0.25) is 0 Å². The summed E-state index contributed by atoms with van der Waals surface area (Å²) in [5, 5.41) is 13.9. The predicted molar refractivity (Wildman–Crippen MR) is 84.8 cm³/mol.